The Hall–Kier alpha value is -1.64. The molecule has 0 atom stereocenters. The van der Waals surface area contributed by atoms with E-state index in [1.165, 1.54) is 30.3 Å². The summed E-state index contributed by atoms with van der Waals surface area (Å²) in [7, 11) is 0. The van der Waals surface area contributed by atoms with Crippen molar-refractivity contribution in [3.05, 3.63) is 42.2 Å². The number of nitrogens with one attached hydrogen (secondary N) is 1. The van der Waals surface area contributed by atoms with Crippen molar-refractivity contribution in [2.24, 2.45) is 0 Å². The van der Waals surface area contributed by atoms with Gasteiger partial charge in [-0.25, -0.2) is 4.39 Å². The third-order valence-electron chi connectivity index (χ3n) is 1.62. The van der Waals surface area contributed by atoms with E-state index in [-0.39, 0.29) is 11.7 Å². The molecule has 0 aliphatic carbocycles. The molecular weight excluding hydrogens is 181 g/mol. The van der Waals surface area contributed by atoms with Crippen LogP contribution in [0.5, 0.6) is 0 Å². The van der Waals surface area contributed by atoms with Gasteiger partial charge in [-0.2, -0.15) is 0 Å². The fraction of sp³-hybridized carbons (Fsp3) is 0.182. The number of carbonyl (C=O) groups is 1. The van der Waals surface area contributed by atoms with Crippen LogP contribution in [0.15, 0.2) is 36.4 Å². The summed E-state index contributed by atoms with van der Waals surface area (Å²) in [6, 6.07) is 5.65. The zero-order valence-electron chi connectivity index (χ0n) is 7.96. The molecule has 0 aliphatic heterocycles. The van der Waals surface area contributed by atoms with Gasteiger partial charge in [-0.05, 0) is 36.8 Å². The zero-order chi connectivity index (χ0) is 10.4. The Labute approximate surface area is 82.4 Å². The molecule has 0 radical (unpaired) electrons. The summed E-state index contributed by atoms with van der Waals surface area (Å²) < 4.78 is 12.5. The lowest BCUT2D eigenvalue weighted by molar-refractivity contribution is -0.111. The van der Waals surface area contributed by atoms with Gasteiger partial charge in [0.05, 0.1) is 0 Å². The average Bonchev–Trinajstić information content (AvgIpc) is 2.18. The minimum atomic E-state index is -0.313. The van der Waals surface area contributed by atoms with Crippen LogP contribution >= 0.6 is 0 Å². The molecule has 1 amide bonds. The second-order valence-corrected chi connectivity index (χ2v) is 2.81. The second-order valence-electron chi connectivity index (χ2n) is 2.81. The highest BCUT2D eigenvalue weighted by Gasteiger charge is 1.96. The largest absolute Gasteiger partial charge is 0.323 e. The smallest absolute Gasteiger partial charge is 0.248 e. The molecule has 0 unspecified atom stereocenters. The Morgan fingerprint density at radius 1 is 1.43 bits per heavy atom. The van der Waals surface area contributed by atoms with Gasteiger partial charge in [0.2, 0.25) is 5.91 Å². The Kier molecular flexibility index (Phi) is 3.85. The summed E-state index contributed by atoms with van der Waals surface area (Å²) in [6.45, 7) is 1.95. The monoisotopic (exact) mass is 193 g/mol. The van der Waals surface area contributed by atoms with Gasteiger partial charge < -0.3 is 5.32 Å². The van der Waals surface area contributed by atoms with Gasteiger partial charge in [-0.15, -0.1) is 0 Å². The van der Waals surface area contributed by atoms with Crippen molar-refractivity contribution in [3.8, 4) is 0 Å². The van der Waals surface area contributed by atoms with Crippen molar-refractivity contribution >= 4 is 11.6 Å². The molecule has 0 saturated heterocycles. The molecule has 0 saturated carbocycles. The molecule has 1 N–H and O–H groups in total. The summed E-state index contributed by atoms with van der Waals surface area (Å²) in [4.78, 5) is 11.2. The number of hydrogen-bond acceptors (Lipinski definition) is 1. The first-order chi connectivity index (χ1) is 6.72. The maximum Gasteiger partial charge on any atom is 0.248 e. The molecule has 1 aromatic carbocycles. The van der Waals surface area contributed by atoms with Gasteiger partial charge in [0, 0.05) is 5.69 Å². The van der Waals surface area contributed by atoms with Crippen LogP contribution in [0.1, 0.15) is 13.3 Å². The van der Waals surface area contributed by atoms with Crippen LogP contribution in [-0.2, 0) is 4.79 Å². The van der Waals surface area contributed by atoms with Crippen LogP contribution < -0.4 is 5.32 Å². The molecule has 3 heteroatoms. The Morgan fingerprint density at radius 2 is 2.07 bits per heavy atom. The van der Waals surface area contributed by atoms with E-state index in [0.717, 1.165) is 6.42 Å². The lowest BCUT2D eigenvalue weighted by atomic mass is 10.3. The van der Waals surface area contributed by atoms with Crippen LogP contribution in [0.3, 0.4) is 0 Å². The van der Waals surface area contributed by atoms with Crippen LogP contribution in [-0.4, -0.2) is 5.91 Å². The molecule has 74 valence electrons. The Bertz CT molecular complexity index is 330. The van der Waals surface area contributed by atoms with E-state index >= 15 is 0 Å². The number of amides is 1. The van der Waals surface area contributed by atoms with E-state index < -0.39 is 0 Å². The topological polar surface area (TPSA) is 29.1 Å². The number of anilines is 1. The molecule has 0 heterocycles. The number of hydrogen-bond donors (Lipinski definition) is 1. The van der Waals surface area contributed by atoms with Crippen molar-refractivity contribution in [3.63, 3.8) is 0 Å². The highest BCUT2D eigenvalue weighted by molar-refractivity contribution is 5.99. The zero-order valence-corrected chi connectivity index (χ0v) is 7.96. The molecule has 1 rings (SSSR count). The predicted octanol–water partition coefficient (Wildman–Crippen LogP) is 2.73. The minimum absolute atomic E-state index is 0.196. The molecule has 0 aliphatic rings. The average molecular weight is 193 g/mol. The Balaban J connectivity index is 2.56. The molecule has 1 aromatic rings. The van der Waals surface area contributed by atoms with E-state index in [9.17, 15) is 9.18 Å². The van der Waals surface area contributed by atoms with Crippen molar-refractivity contribution in [2.45, 2.75) is 13.3 Å². The number of benzene rings is 1. The second kappa shape index (κ2) is 5.17. The summed E-state index contributed by atoms with van der Waals surface area (Å²) in [5, 5.41) is 2.61. The van der Waals surface area contributed by atoms with Gasteiger partial charge in [0.25, 0.3) is 0 Å². The number of rotatable bonds is 3. The van der Waals surface area contributed by atoms with Crippen molar-refractivity contribution in [1.29, 1.82) is 0 Å². The van der Waals surface area contributed by atoms with Gasteiger partial charge in [0.15, 0.2) is 0 Å². The SMILES string of the molecule is CC/C=C/C(=O)Nc1ccc(F)cc1. The van der Waals surface area contributed by atoms with Gasteiger partial charge >= 0.3 is 0 Å². The first-order valence-corrected chi connectivity index (χ1v) is 4.45. The van der Waals surface area contributed by atoms with Crippen LogP contribution in [0, 0.1) is 5.82 Å². The van der Waals surface area contributed by atoms with E-state index in [4.69, 9.17) is 0 Å². The lowest BCUT2D eigenvalue weighted by Gasteiger charge is -2.00. The van der Waals surface area contributed by atoms with Crippen LogP contribution in [0.2, 0.25) is 0 Å². The number of carbonyl (C=O) groups excluding carboxylic acids is 1. The molecule has 0 bridgehead atoms. The highest BCUT2D eigenvalue weighted by atomic mass is 19.1. The van der Waals surface area contributed by atoms with E-state index in [1.54, 1.807) is 6.08 Å². The summed E-state index contributed by atoms with van der Waals surface area (Å²) in [6.07, 6.45) is 4.04. The lowest BCUT2D eigenvalue weighted by Crippen LogP contribution is -2.07. The van der Waals surface area contributed by atoms with Crippen LogP contribution in [0.4, 0.5) is 10.1 Å². The molecule has 2 nitrogen and oxygen atoms in total. The van der Waals surface area contributed by atoms with Gasteiger partial charge in [-0.3, -0.25) is 4.79 Å². The third-order valence-corrected chi connectivity index (χ3v) is 1.62. The summed E-state index contributed by atoms with van der Waals surface area (Å²) >= 11 is 0. The standard InChI is InChI=1S/C11H12FNO/c1-2-3-4-11(14)13-10-7-5-9(12)6-8-10/h3-8H,2H2,1H3,(H,13,14)/b4-3+. The first kappa shape index (κ1) is 10.4. The molecule has 0 aromatic heterocycles. The molecule has 14 heavy (non-hydrogen) atoms. The molecular formula is C11H12FNO. The van der Waals surface area contributed by atoms with E-state index in [0.29, 0.717) is 5.69 Å². The maximum atomic E-state index is 12.5. The summed E-state index contributed by atoms with van der Waals surface area (Å²) in [5.74, 6) is -0.509. The first-order valence-electron chi connectivity index (χ1n) is 4.45. The van der Waals surface area contributed by atoms with E-state index in [1.807, 2.05) is 6.92 Å². The fourth-order valence-electron chi connectivity index (χ4n) is 0.942. The molecule has 0 spiro atoms. The van der Waals surface area contributed by atoms with Crippen molar-refractivity contribution < 1.29 is 9.18 Å². The van der Waals surface area contributed by atoms with E-state index in [2.05, 4.69) is 5.32 Å². The number of halogens is 1. The number of allylic oxidation sites excluding steroid dienone is 1. The van der Waals surface area contributed by atoms with Crippen molar-refractivity contribution in [2.75, 3.05) is 5.32 Å². The minimum Gasteiger partial charge on any atom is -0.323 e. The third kappa shape index (κ3) is 3.39. The quantitative estimate of drug-likeness (QED) is 0.735. The predicted molar refractivity (Wildman–Crippen MR) is 54.5 cm³/mol. The maximum absolute atomic E-state index is 12.5. The van der Waals surface area contributed by atoms with Gasteiger partial charge in [0.1, 0.15) is 5.82 Å². The highest BCUT2D eigenvalue weighted by Crippen LogP contribution is 2.07. The Morgan fingerprint density at radius 3 is 2.64 bits per heavy atom. The van der Waals surface area contributed by atoms with Crippen molar-refractivity contribution in [1.82, 2.24) is 0 Å². The normalized spacial score (nSPS) is 10.4. The van der Waals surface area contributed by atoms with Crippen LogP contribution in [0.25, 0.3) is 0 Å². The summed E-state index contributed by atoms with van der Waals surface area (Å²) in [5.41, 5.74) is 0.595. The fourth-order valence-corrected chi connectivity index (χ4v) is 0.942. The van der Waals surface area contributed by atoms with Gasteiger partial charge in [-0.1, -0.05) is 13.0 Å². The molecule has 0 fully saturated rings.